The Morgan fingerprint density at radius 2 is 2.16 bits per heavy atom. The van der Waals surface area contributed by atoms with Crippen LogP contribution in [-0.2, 0) is 11.4 Å². The number of nitrogens with zero attached hydrogens (tertiary/aromatic N) is 2. The predicted octanol–water partition coefficient (Wildman–Crippen LogP) is 2.44. The summed E-state index contributed by atoms with van der Waals surface area (Å²) in [7, 11) is 1.69. The van der Waals surface area contributed by atoms with E-state index in [9.17, 15) is 0 Å². The van der Waals surface area contributed by atoms with Crippen molar-refractivity contribution in [3.8, 4) is 5.75 Å². The minimum atomic E-state index is -0.0451. The molecule has 2 aliphatic heterocycles. The maximum Gasteiger partial charge on any atom is 0.156 e. The number of methoxy groups -OCH3 is 1. The molecule has 2 heterocycles. The standard InChI is InChI=1S/C15H20N2O2/c1-12-9-15(19-16-12)7-8-17(11-15)10-13-3-5-14(18-2)6-4-13/h3-6H,7-11H2,1-2H3. The average molecular weight is 260 g/mol. The van der Waals surface area contributed by atoms with Crippen molar-refractivity contribution in [1.29, 1.82) is 0 Å². The van der Waals surface area contributed by atoms with Crippen molar-refractivity contribution < 1.29 is 9.57 Å². The van der Waals surface area contributed by atoms with Gasteiger partial charge in [0, 0.05) is 32.5 Å². The molecule has 3 rings (SSSR count). The molecule has 1 saturated heterocycles. The Kier molecular flexibility index (Phi) is 3.19. The fraction of sp³-hybridized carbons (Fsp3) is 0.533. The Morgan fingerprint density at radius 3 is 2.79 bits per heavy atom. The molecule has 1 aromatic rings. The molecular formula is C15H20N2O2. The number of hydrogen-bond donors (Lipinski definition) is 0. The van der Waals surface area contributed by atoms with E-state index in [4.69, 9.17) is 9.57 Å². The van der Waals surface area contributed by atoms with E-state index in [0.29, 0.717) is 0 Å². The van der Waals surface area contributed by atoms with E-state index >= 15 is 0 Å². The third kappa shape index (κ3) is 2.59. The topological polar surface area (TPSA) is 34.1 Å². The van der Waals surface area contributed by atoms with Gasteiger partial charge in [-0.1, -0.05) is 17.3 Å². The highest BCUT2D eigenvalue weighted by Crippen LogP contribution is 2.34. The Balaban J connectivity index is 1.59. The lowest BCUT2D eigenvalue weighted by Gasteiger charge is -2.21. The lowest BCUT2D eigenvalue weighted by atomic mass is 9.97. The zero-order valence-corrected chi connectivity index (χ0v) is 11.6. The predicted molar refractivity (Wildman–Crippen MR) is 74.4 cm³/mol. The van der Waals surface area contributed by atoms with Crippen molar-refractivity contribution in [1.82, 2.24) is 4.90 Å². The number of ether oxygens (including phenoxy) is 1. The van der Waals surface area contributed by atoms with Crippen molar-refractivity contribution >= 4 is 5.71 Å². The molecule has 0 radical (unpaired) electrons. The van der Waals surface area contributed by atoms with E-state index in [2.05, 4.69) is 22.2 Å². The van der Waals surface area contributed by atoms with Gasteiger partial charge < -0.3 is 9.57 Å². The van der Waals surface area contributed by atoms with Crippen LogP contribution in [-0.4, -0.2) is 36.4 Å². The first-order valence-electron chi connectivity index (χ1n) is 6.76. The van der Waals surface area contributed by atoms with Crippen LogP contribution in [0.4, 0.5) is 0 Å². The van der Waals surface area contributed by atoms with E-state index in [1.165, 1.54) is 5.56 Å². The van der Waals surface area contributed by atoms with Crippen molar-refractivity contribution in [2.45, 2.75) is 31.9 Å². The summed E-state index contributed by atoms with van der Waals surface area (Å²) in [6.45, 7) is 5.06. The summed E-state index contributed by atoms with van der Waals surface area (Å²) in [6, 6.07) is 8.28. The molecule has 4 nitrogen and oxygen atoms in total. The van der Waals surface area contributed by atoms with E-state index in [1.807, 2.05) is 19.1 Å². The third-order valence-electron chi connectivity index (χ3n) is 3.93. The molecule has 1 spiro atoms. The monoisotopic (exact) mass is 260 g/mol. The molecule has 102 valence electrons. The van der Waals surface area contributed by atoms with Gasteiger partial charge in [-0.05, 0) is 24.6 Å². The van der Waals surface area contributed by atoms with Gasteiger partial charge in [-0.15, -0.1) is 0 Å². The molecule has 1 aromatic carbocycles. The summed E-state index contributed by atoms with van der Waals surface area (Å²) in [4.78, 5) is 8.08. The molecule has 0 N–H and O–H groups in total. The highest BCUT2D eigenvalue weighted by Gasteiger charge is 2.43. The summed E-state index contributed by atoms with van der Waals surface area (Å²) in [5.74, 6) is 0.907. The zero-order chi connectivity index (χ0) is 13.3. The highest BCUT2D eigenvalue weighted by molar-refractivity contribution is 5.83. The second kappa shape index (κ2) is 4.85. The third-order valence-corrected chi connectivity index (χ3v) is 3.93. The van der Waals surface area contributed by atoms with E-state index in [-0.39, 0.29) is 5.60 Å². The van der Waals surface area contributed by atoms with Crippen LogP contribution in [0.1, 0.15) is 25.3 Å². The smallest absolute Gasteiger partial charge is 0.156 e. The summed E-state index contributed by atoms with van der Waals surface area (Å²) in [6.07, 6.45) is 2.05. The molecule has 1 fully saturated rings. The van der Waals surface area contributed by atoms with Gasteiger partial charge >= 0.3 is 0 Å². The fourth-order valence-electron chi connectivity index (χ4n) is 2.98. The molecule has 1 unspecified atom stereocenters. The van der Waals surface area contributed by atoms with Crippen LogP contribution in [0.2, 0.25) is 0 Å². The van der Waals surface area contributed by atoms with Gasteiger partial charge in [-0.2, -0.15) is 0 Å². The summed E-state index contributed by atoms with van der Waals surface area (Å²) in [5.41, 5.74) is 2.39. The number of hydrogen-bond acceptors (Lipinski definition) is 4. The van der Waals surface area contributed by atoms with Crippen molar-refractivity contribution in [3.05, 3.63) is 29.8 Å². The van der Waals surface area contributed by atoms with Crippen LogP contribution in [0, 0.1) is 0 Å². The second-order valence-corrected chi connectivity index (χ2v) is 5.59. The minimum absolute atomic E-state index is 0.0451. The molecule has 0 amide bonds. The average Bonchev–Trinajstić information content (AvgIpc) is 2.98. The Bertz CT molecular complexity index is 483. The molecule has 2 aliphatic rings. The van der Waals surface area contributed by atoms with Gasteiger partial charge in [0.25, 0.3) is 0 Å². The summed E-state index contributed by atoms with van der Waals surface area (Å²) in [5, 5.41) is 4.11. The molecule has 4 heteroatoms. The van der Waals surface area contributed by atoms with Gasteiger partial charge in [0.05, 0.1) is 12.8 Å². The van der Waals surface area contributed by atoms with Gasteiger partial charge in [-0.25, -0.2) is 0 Å². The van der Waals surface area contributed by atoms with Gasteiger partial charge in [-0.3, -0.25) is 4.90 Å². The molecule has 0 saturated carbocycles. The van der Waals surface area contributed by atoms with Crippen LogP contribution >= 0.6 is 0 Å². The van der Waals surface area contributed by atoms with E-state index in [1.54, 1.807) is 7.11 Å². The summed E-state index contributed by atoms with van der Waals surface area (Å²) < 4.78 is 5.18. The van der Waals surface area contributed by atoms with Crippen molar-refractivity contribution in [2.24, 2.45) is 5.16 Å². The Morgan fingerprint density at radius 1 is 1.37 bits per heavy atom. The summed E-state index contributed by atoms with van der Waals surface area (Å²) >= 11 is 0. The fourth-order valence-corrected chi connectivity index (χ4v) is 2.98. The van der Waals surface area contributed by atoms with E-state index < -0.39 is 0 Å². The van der Waals surface area contributed by atoms with Gasteiger partial charge in [0.1, 0.15) is 5.75 Å². The first-order valence-corrected chi connectivity index (χ1v) is 6.76. The van der Waals surface area contributed by atoms with Gasteiger partial charge in [0.15, 0.2) is 5.60 Å². The molecule has 1 atom stereocenters. The first-order chi connectivity index (χ1) is 9.19. The van der Waals surface area contributed by atoms with Crippen LogP contribution in [0.25, 0.3) is 0 Å². The number of likely N-dealkylation sites (tertiary alicyclic amines) is 1. The van der Waals surface area contributed by atoms with Crippen LogP contribution in [0.3, 0.4) is 0 Å². The van der Waals surface area contributed by atoms with Crippen LogP contribution < -0.4 is 4.74 Å². The minimum Gasteiger partial charge on any atom is -0.497 e. The largest absolute Gasteiger partial charge is 0.497 e. The molecule has 0 bridgehead atoms. The lowest BCUT2D eigenvalue weighted by molar-refractivity contribution is -0.0104. The van der Waals surface area contributed by atoms with Crippen LogP contribution in [0.5, 0.6) is 5.75 Å². The van der Waals surface area contributed by atoms with Gasteiger partial charge in [0.2, 0.25) is 0 Å². The normalized spacial score (nSPS) is 26.5. The number of benzene rings is 1. The maximum absolute atomic E-state index is 5.64. The number of rotatable bonds is 3. The zero-order valence-electron chi connectivity index (χ0n) is 11.6. The highest BCUT2D eigenvalue weighted by atomic mass is 16.7. The van der Waals surface area contributed by atoms with E-state index in [0.717, 1.165) is 43.9 Å². The molecule has 19 heavy (non-hydrogen) atoms. The lowest BCUT2D eigenvalue weighted by Crippen LogP contribution is -2.33. The quantitative estimate of drug-likeness (QED) is 0.837. The van der Waals surface area contributed by atoms with Crippen molar-refractivity contribution in [3.63, 3.8) is 0 Å². The first kappa shape index (κ1) is 12.5. The van der Waals surface area contributed by atoms with Crippen molar-refractivity contribution in [2.75, 3.05) is 20.2 Å². The molecule has 0 aliphatic carbocycles. The molecular weight excluding hydrogens is 240 g/mol. The molecule has 0 aromatic heterocycles. The maximum atomic E-state index is 5.64. The SMILES string of the molecule is COc1ccc(CN2CCC3(CC(C)=NO3)C2)cc1. The Hall–Kier alpha value is -1.55. The Labute approximate surface area is 114 Å². The second-order valence-electron chi connectivity index (χ2n) is 5.59. The van der Waals surface area contributed by atoms with Crippen LogP contribution in [0.15, 0.2) is 29.4 Å². The number of oxime groups is 1.